The summed E-state index contributed by atoms with van der Waals surface area (Å²) in [6.45, 7) is 6.32. The Bertz CT molecular complexity index is 894. The molecule has 0 fully saturated rings. The normalized spacial score (nSPS) is 11.8. The molecule has 0 amide bonds. The van der Waals surface area contributed by atoms with Crippen molar-refractivity contribution in [2.24, 2.45) is 4.99 Å². The highest BCUT2D eigenvalue weighted by Gasteiger charge is 2.08. The van der Waals surface area contributed by atoms with Crippen LogP contribution in [0.4, 0.5) is 0 Å². The van der Waals surface area contributed by atoms with Crippen molar-refractivity contribution in [1.29, 1.82) is 0 Å². The Morgan fingerprint density at radius 1 is 1.14 bits per heavy atom. The van der Waals surface area contributed by atoms with Gasteiger partial charge in [0.2, 0.25) is 10.0 Å². The highest BCUT2D eigenvalue weighted by atomic mass is 127. The number of nitrogens with one attached hydrogen (secondary N) is 3. The molecule has 0 aliphatic rings. The maximum atomic E-state index is 11.6. The molecule has 0 atom stereocenters. The molecule has 0 saturated heterocycles. The average Bonchev–Trinajstić information content (AvgIpc) is 2.99. The van der Waals surface area contributed by atoms with Crippen molar-refractivity contribution in [2.75, 3.05) is 20.6 Å². The van der Waals surface area contributed by atoms with Gasteiger partial charge in [-0.05, 0) is 44.5 Å². The summed E-state index contributed by atoms with van der Waals surface area (Å²) in [5.41, 5.74) is 4.02. The lowest BCUT2D eigenvalue weighted by Gasteiger charge is -2.12. The molecule has 0 unspecified atom stereocenters. The summed E-state index contributed by atoms with van der Waals surface area (Å²) in [7, 11) is -0.0921. The highest BCUT2D eigenvalue weighted by molar-refractivity contribution is 14.0. The van der Waals surface area contributed by atoms with Crippen molar-refractivity contribution in [3.8, 4) is 0 Å². The van der Waals surface area contributed by atoms with Crippen molar-refractivity contribution in [1.82, 2.24) is 25.1 Å². The van der Waals surface area contributed by atoms with Gasteiger partial charge in [-0.2, -0.15) is 5.10 Å². The van der Waals surface area contributed by atoms with Crippen molar-refractivity contribution >= 4 is 40.0 Å². The summed E-state index contributed by atoms with van der Waals surface area (Å²) in [6, 6.07) is 9.58. The fourth-order valence-electron chi connectivity index (χ4n) is 2.79. The Balaban J connectivity index is 0.00000420. The number of aromatic nitrogens is 2. The van der Waals surface area contributed by atoms with E-state index >= 15 is 0 Å². The molecule has 2 aromatic rings. The van der Waals surface area contributed by atoms with Gasteiger partial charge in [0.05, 0.1) is 11.4 Å². The lowest BCUT2D eigenvalue weighted by atomic mass is 10.1. The van der Waals surface area contributed by atoms with Gasteiger partial charge in [0.25, 0.3) is 0 Å². The number of benzene rings is 1. The van der Waals surface area contributed by atoms with Gasteiger partial charge in [-0.1, -0.05) is 24.3 Å². The number of aryl methyl sites for hydroxylation is 3. The van der Waals surface area contributed by atoms with E-state index in [0.29, 0.717) is 6.54 Å². The van der Waals surface area contributed by atoms with Crippen molar-refractivity contribution in [3.05, 3.63) is 52.8 Å². The minimum atomic E-state index is -3.25. The van der Waals surface area contributed by atoms with Gasteiger partial charge in [0, 0.05) is 32.4 Å². The molecule has 10 heteroatoms. The zero-order valence-corrected chi connectivity index (χ0v) is 20.5. The first kappa shape index (κ1) is 25.4. The quantitative estimate of drug-likeness (QED) is 0.198. The Hall–Kier alpha value is -1.66. The number of nitrogens with zero attached hydrogens (tertiary/aromatic N) is 3. The minimum Gasteiger partial charge on any atom is -0.356 e. The van der Waals surface area contributed by atoms with Crippen LogP contribution in [0, 0.1) is 13.8 Å². The van der Waals surface area contributed by atoms with E-state index < -0.39 is 10.0 Å². The molecule has 0 aliphatic heterocycles. The molecular formula is C19H31IN6O2S. The molecule has 1 aromatic heterocycles. The third-order valence-corrected chi connectivity index (χ3v) is 5.65. The first-order chi connectivity index (χ1) is 13.3. The second-order valence-electron chi connectivity index (χ2n) is 6.64. The smallest absolute Gasteiger partial charge is 0.215 e. The van der Waals surface area contributed by atoms with Gasteiger partial charge >= 0.3 is 0 Å². The van der Waals surface area contributed by atoms with Gasteiger partial charge in [-0.25, -0.2) is 13.1 Å². The van der Waals surface area contributed by atoms with Crippen LogP contribution in [-0.2, 0) is 28.9 Å². The molecule has 0 saturated carbocycles. The van der Waals surface area contributed by atoms with E-state index in [0.717, 1.165) is 42.3 Å². The summed E-state index contributed by atoms with van der Waals surface area (Å²) in [4.78, 5) is 4.23. The minimum absolute atomic E-state index is 0. The van der Waals surface area contributed by atoms with E-state index in [-0.39, 0.29) is 29.7 Å². The lowest BCUT2D eigenvalue weighted by Crippen LogP contribution is -2.37. The fourth-order valence-corrected chi connectivity index (χ4v) is 3.56. The standard InChI is InChI=1S/C19H30N6O2S.HI/c1-15-12-16(2)25(24-15)11-5-10-22-19(20-3)23-13-17-6-8-18(9-7-17)14-28(26,27)21-4;/h6-9,12,21H,5,10-11,13-14H2,1-4H3,(H2,20,22,23);1H. The molecule has 162 valence electrons. The number of hydrogen-bond acceptors (Lipinski definition) is 4. The third kappa shape index (κ3) is 8.70. The molecule has 29 heavy (non-hydrogen) atoms. The molecule has 1 aromatic carbocycles. The van der Waals surface area contributed by atoms with Crippen molar-refractivity contribution < 1.29 is 8.42 Å². The first-order valence-electron chi connectivity index (χ1n) is 9.27. The first-order valence-corrected chi connectivity index (χ1v) is 10.9. The number of rotatable bonds is 9. The topological polar surface area (TPSA) is 100 Å². The second kappa shape index (κ2) is 12.1. The molecule has 0 radical (unpaired) electrons. The summed E-state index contributed by atoms with van der Waals surface area (Å²) < 4.78 is 27.5. The van der Waals surface area contributed by atoms with Gasteiger partial charge in [0.1, 0.15) is 0 Å². The van der Waals surface area contributed by atoms with Crippen LogP contribution < -0.4 is 15.4 Å². The summed E-state index contributed by atoms with van der Waals surface area (Å²) >= 11 is 0. The van der Waals surface area contributed by atoms with Crippen LogP contribution in [0.1, 0.15) is 28.9 Å². The van der Waals surface area contributed by atoms with E-state index in [1.165, 1.54) is 12.7 Å². The van der Waals surface area contributed by atoms with Crippen molar-refractivity contribution in [2.45, 2.75) is 39.1 Å². The van der Waals surface area contributed by atoms with Crippen molar-refractivity contribution in [3.63, 3.8) is 0 Å². The van der Waals surface area contributed by atoms with Crippen LogP contribution in [-0.4, -0.2) is 44.8 Å². The monoisotopic (exact) mass is 534 g/mol. The van der Waals surface area contributed by atoms with Gasteiger partial charge < -0.3 is 10.6 Å². The molecule has 2 rings (SSSR count). The molecule has 3 N–H and O–H groups in total. The Kier molecular flexibility index (Phi) is 10.6. The van der Waals surface area contributed by atoms with E-state index in [2.05, 4.69) is 38.4 Å². The predicted octanol–water partition coefficient (Wildman–Crippen LogP) is 1.92. The van der Waals surface area contributed by atoms with E-state index in [4.69, 9.17) is 0 Å². The molecule has 0 aliphatic carbocycles. The van der Waals surface area contributed by atoms with E-state index in [1.807, 2.05) is 35.9 Å². The number of sulfonamides is 1. The van der Waals surface area contributed by atoms with Crippen LogP contribution in [0.25, 0.3) is 0 Å². The number of hydrogen-bond donors (Lipinski definition) is 3. The SMILES string of the molecule is CN=C(NCCCn1nc(C)cc1C)NCc1ccc(CS(=O)(=O)NC)cc1.I. The lowest BCUT2D eigenvalue weighted by molar-refractivity contribution is 0.555. The summed E-state index contributed by atoms with van der Waals surface area (Å²) in [6.07, 6.45) is 0.942. The molecular weight excluding hydrogens is 503 g/mol. The van der Waals surface area contributed by atoms with Gasteiger partial charge in [0.15, 0.2) is 5.96 Å². The third-order valence-electron chi connectivity index (χ3n) is 4.32. The molecule has 8 nitrogen and oxygen atoms in total. The predicted molar refractivity (Wildman–Crippen MR) is 128 cm³/mol. The summed E-state index contributed by atoms with van der Waals surface area (Å²) in [5.74, 6) is 0.714. The van der Waals surface area contributed by atoms with Gasteiger partial charge in [-0.3, -0.25) is 9.67 Å². The maximum absolute atomic E-state index is 11.6. The Labute approximate surface area is 190 Å². The Morgan fingerprint density at radius 2 is 1.79 bits per heavy atom. The molecule has 0 spiro atoms. The Morgan fingerprint density at radius 3 is 2.34 bits per heavy atom. The van der Waals surface area contributed by atoms with Gasteiger partial charge in [-0.15, -0.1) is 24.0 Å². The van der Waals surface area contributed by atoms with Crippen LogP contribution in [0.15, 0.2) is 35.3 Å². The second-order valence-corrected chi connectivity index (χ2v) is 8.56. The fraction of sp³-hybridized carbons (Fsp3) is 0.474. The maximum Gasteiger partial charge on any atom is 0.215 e. The number of aliphatic imine (C=N–C) groups is 1. The van der Waals surface area contributed by atoms with E-state index in [9.17, 15) is 8.42 Å². The highest BCUT2D eigenvalue weighted by Crippen LogP contribution is 2.07. The van der Waals surface area contributed by atoms with Crippen LogP contribution in [0.5, 0.6) is 0 Å². The average molecular weight is 534 g/mol. The zero-order valence-electron chi connectivity index (χ0n) is 17.4. The largest absolute Gasteiger partial charge is 0.356 e. The molecule has 0 bridgehead atoms. The zero-order chi connectivity index (χ0) is 20.6. The molecule has 1 heterocycles. The number of halogens is 1. The van der Waals surface area contributed by atoms with E-state index in [1.54, 1.807) is 7.05 Å². The van der Waals surface area contributed by atoms with Crippen LogP contribution in [0.3, 0.4) is 0 Å². The van der Waals surface area contributed by atoms with Crippen LogP contribution in [0.2, 0.25) is 0 Å². The summed E-state index contributed by atoms with van der Waals surface area (Å²) in [5, 5.41) is 11.0. The van der Waals surface area contributed by atoms with Crippen LogP contribution >= 0.6 is 24.0 Å². The number of guanidine groups is 1.